The minimum Gasteiger partial charge on any atom is -0.498 e. The number of benzene rings is 2. The van der Waals surface area contributed by atoms with Gasteiger partial charge in [-0.1, -0.05) is 18.3 Å². The van der Waals surface area contributed by atoms with Crippen molar-refractivity contribution in [3.63, 3.8) is 0 Å². The Hall–Kier alpha value is -2.07. The molecule has 0 spiro atoms. The Kier molecular flexibility index (Phi) is 6.03. The van der Waals surface area contributed by atoms with Crippen LogP contribution in [-0.4, -0.2) is 20.3 Å². The number of ether oxygens (including phenoxy) is 3. The Morgan fingerprint density at radius 3 is 2.00 bits per heavy atom. The van der Waals surface area contributed by atoms with Crippen LogP contribution in [0.25, 0.3) is 0 Å². The molecule has 0 aliphatic heterocycles. The monoisotopic (exact) mass is 302 g/mol. The molecule has 2 rings (SSSR count). The van der Waals surface area contributed by atoms with E-state index in [-0.39, 0.29) is 0 Å². The van der Waals surface area contributed by atoms with Crippen molar-refractivity contribution in [1.82, 2.24) is 0 Å². The largest absolute Gasteiger partial charge is 0.498 e. The number of hydrogen-bond donors (Lipinski definition) is 0. The summed E-state index contributed by atoms with van der Waals surface area (Å²) in [5, 5.41) is 0. The third-order valence-electron chi connectivity index (χ3n) is 2.71. The Morgan fingerprint density at radius 1 is 0.905 bits per heavy atom. The van der Waals surface area contributed by atoms with Crippen molar-refractivity contribution in [2.75, 3.05) is 20.3 Å². The molecule has 0 aromatic heterocycles. The van der Waals surface area contributed by atoms with Gasteiger partial charge in [-0.25, -0.2) is 0 Å². The highest BCUT2D eigenvalue weighted by Gasteiger charge is 1.99. The molecule has 0 heterocycles. The van der Waals surface area contributed by atoms with Crippen LogP contribution in [0.3, 0.4) is 0 Å². The maximum absolute atomic E-state index is 5.54. The van der Waals surface area contributed by atoms with E-state index in [0.717, 1.165) is 16.4 Å². The van der Waals surface area contributed by atoms with E-state index in [1.54, 1.807) is 18.9 Å². The molecule has 0 atom stereocenters. The summed E-state index contributed by atoms with van der Waals surface area (Å²) in [6, 6.07) is 16.0. The smallest absolute Gasteiger partial charge is 0.122 e. The lowest BCUT2D eigenvalue weighted by Crippen LogP contribution is -2.03. The Morgan fingerprint density at radius 2 is 1.48 bits per heavy atom. The van der Waals surface area contributed by atoms with Crippen molar-refractivity contribution in [2.24, 2.45) is 0 Å². The van der Waals surface area contributed by atoms with Crippen LogP contribution in [0.15, 0.2) is 71.2 Å². The second kappa shape index (κ2) is 8.27. The third-order valence-corrected chi connectivity index (χ3v) is 3.72. The lowest BCUT2D eigenvalue weighted by molar-refractivity contribution is 0.179. The molecule has 0 aliphatic rings. The summed E-state index contributed by atoms with van der Waals surface area (Å²) in [4.78, 5) is 2.33. The van der Waals surface area contributed by atoms with Gasteiger partial charge < -0.3 is 14.2 Å². The summed E-state index contributed by atoms with van der Waals surface area (Å²) >= 11 is 1.70. The molecule has 0 amide bonds. The van der Waals surface area contributed by atoms with Gasteiger partial charge >= 0.3 is 0 Å². The van der Waals surface area contributed by atoms with Crippen LogP contribution in [-0.2, 0) is 4.74 Å². The van der Waals surface area contributed by atoms with Gasteiger partial charge in [0.2, 0.25) is 0 Å². The highest BCUT2D eigenvalue weighted by Crippen LogP contribution is 2.30. The highest BCUT2D eigenvalue weighted by atomic mass is 32.2. The fraction of sp³-hybridized carbons (Fsp3) is 0.176. The van der Waals surface area contributed by atoms with Gasteiger partial charge in [0.1, 0.15) is 24.7 Å². The van der Waals surface area contributed by atoms with E-state index in [1.807, 2.05) is 48.5 Å². The van der Waals surface area contributed by atoms with Crippen LogP contribution in [0.1, 0.15) is 0 Å². The maximum Gasteiger partial charge on any atom is 0.122 e. The van der Waals surface area contributed by atoms with Crippen LogP contribution in [0, 0.1) is 0 Å². The summed E-state index contributed by atoms with van der Waals surface area (Å²) in [6.45, 7) is 4.50. The molecule has 21 heavy (non-hydrogen) atoms. The van der Waals surface area contributed by atoms with Gasteiger partial charge in [0.25, 0.3) is 0 Å². The van der Waals surface area contributed by atoms with Gasteiger partial charge in [0.05, 0.1) is 13.4 Å². The Balaban J connectivity index is 1.87. The minimum atomic E-state index is 0.506. The zero-order valence-corrected chi connectivity index (χ0v) is 12.8. The van der Waals surface area contributed by atoms with Crippen LogP contribution in [0.4, 0.5) is 0 Å². The van der Waals surface area contributed by atoms with E-state index in [1.165, 1.54) is 11.2 Å². The van der Waals surface area contributed by atoms with E-state index in [0.29, 0.717) is 13.2 Å². The number of hydrogen-bond acceptors (Lipinski definition) is 4. The molecule has 0 bridgehead atoms. The van der Waals surface area contributed by atoms with Gasteiger partial charge in [-0.05, 0) is 48.5 Å². The normalized spacial score (nSPS) is 9.95. The molecular formula is C17H18O3S. The first kappa shape index (κ1) is 15.3. The lowest BCUT2D eigenvalue weighted by atomic mass is 10.3. The van der Waals surface area contributed by atoms with Crippen molar-refractivity contribution in [1.29, 1.82) is 0 Å². The molecule has 0 radical (unpaired) electrons. The predicted octanol–water partition coefficient (Wildman–Crippen LogP) is 4.39. The van der Waals surface area contributed by atoms with E-state index in [2.05, 4.69) is 6.58 Å². The standard InChI is InChI=1S/C17H18O3S/c1-3-19-12-13-20-15-6-10-17(11-7-15)21-16-8-4-14(18-2)5-9-16/h3-11H,1,12-13H2,2H3. The SMILES string of the molecule is C=COCCOc1ccc(Sc2ccc(OC)cc2)cc1. The summed E-state index contributed by atoms with van der Waals surface area (Å²) in [5.41, 5.74) is 0. The molecule has 2 aromatic rings. The first-order valence-corrected chi connectivity index (χ1v) is 7.41. The van der Waals surface area contributed by atoms with Gasteiger partial charge in [-0.15, -0.1) is 0 Å². The first-order valence-electron chi connectivity index (χ1n) is 6.59. The van der Waals surface area contributed by atoms with E-state index >= 15 is 0 Å². The maximum atomic E-state index is 5.54. The van der Waals surface area contributed by atoms with Gasteiger partial charge in [-0.2, -0.15) is 0 Å². The molecule has 4 heteroatoms. The number of rotatable bonds is 8. The lowest BCUT2D eigenvalue weighted by Gasteiger charge is -2.07. The highest BCUT2D eigenvalue weighted by molar-refractivity contribution is 7.99. The second-order valence-electron chi connectivity index (χ2n) is 4.13. The molecule has 0 N–H and O–H groups in total. The van der Waals surface area contributed by atoms with E-state index < -0.39 is 0 Å². The molecule has 0 fully saturated rings. The summed E-state index contributed by atoms with van der Waals surface area (Å²) in [5.74, 6) is 1.70. The first-order chi connectivity index (χ1) is 10.3. The zero-order chi connectivity index (χ0) is 14.9. The van der Waals surface area contributed by atoms with Crippen LogP contribution < -0.4 is 9.47 Å². The summed E-state index contributed by atoms with van der Waals surface area (Å²) in [7, 11) is 1.67. The molecule has 0 saturated carbocycles. The van der Waals surface area contributed by atoms with Gasteiger partial charge in [0.15, 0.2) is 0 Å². The molecule has 0 saturated heterocycles. The Labute approximate surface area is 129 Å². The summed E-state index contributed by atoms with van der Waals surface area (Å²) < 4.78 is 15.7. The second-order valence-corrected chi connectivity index (χ2v) is 5.28. The zero-order valence-electron chi connectivity index (χ0n) is 12.0. The topological polar surface area (TPSA) is 27.7 Å². The minimum absolute atomic E-state index is 0.506. The predicted molar refractivity (Wildman–Crippen MR) is 85.2 cm³/mol. The number of methoxy groups -OCH3 is 1. The Bertz CT molecular complexity index is 549. The van der Waals surface area contributed by atoms with Gasteiger partial charge in [0, 0.05) is 9.79 Å². The summed E-state index contributed by atoms with van der Waals surface area (Å²) in [6.07, 6.45) is 1.41. The third kappa shape index (κ3) is 5.08. The van der Waals surface area contributed by atoms with Gasteiger partial charge in [-0.3, -0.25) is 0 Å². The van der Waals surface area contributed by atoms with E-state index in [4.69, 9.17) is 14.2 Å². The van der Waals surface area contributed by atoms with Crippen LogP contribution in [0.2, 0.25) is 0 Å². The van der Waals surface area contributed by atoms with Crippen molar-refractivity contribution in [3.05, 3.63) is 61.4 Å². The van der Waals surface area contributed by atoms with Crippen molar-refractivity contribution < 1.29 is 14.2 Å². The molecule has 0 aliphatic carbocycles. The van der Waals surface area contributed by atoms with Crippen molar-refractivity contribution >= 4 is 11.8 Å². The molecule has 0 unspecified atom stereocenters. The fourth-order valence-corrected chi connectivity index (χ4v) is 2.49. The average molecular weight is 302 g/mol. The van der Waals surface area contributed by atoms with Crippen molar-refractivity contribution in [2.45, 2.75) is 9.79 Å². The molecule has 3 nitrogen and oxygen atoms in total. The van der Waals surface area contributed by atoms with Crippen molar-refractivity contribution in [3.8, 4) is 11.5 Å². The van der Waals surface area contributed by atoms with Crippen LogP contribution in [0.5, 0.6) is 11.5 Å². The molecule has 110 valence electrons. The average Bonchev–Trinajstić information content (AvgIpc) is 2.54. The molecule has 2 aromatic carbocycles. The van der Waals surface area contributed by atoms with Crippen LogP contribution >= 0.6 is 11.8 Å². The fourth-order valence-electron chi connectivity index (χ4n) is 1.67. The molecular weight excluding hydrogens is 284 g/mol. The van der Waals surface area contributed by atoms with E-state index in [9.17, 15) is 0 Å². The quantitative estimate of drug-likeness (QED) is 0.534.